The van der Waals surface area contributed by atoms with Gasteiger partial charge in [-0.05, 0) is 49.1 Å². The van der Waals surface area contributed by atoms with Crippen molar-refractivity contribution >= 4 is 10.0 Å². The van der Waals surface area contributed by atoms with Crippen molar-refractivity contribution in [3.05, 3.63) is 35.4 Å². The first-order valence-electron chi connectivity index (χ1n) is 7.08. The van der Waals surface area contributed by atoms with Gasteiger partial charge < -0.3 is 0 Å². The zero-order valence-electron chi connectivity index (χ0n) is 11.3. The van der Waals surface area contributed by atoms with Crippen LogP contribution >= 0.6 is 0 Å². The van der Waals surface area contributed by atoms with Gasteiger partial charge in [0.25, 0.3) is 0 Å². The molecule has 0 heterocycles. The summed E-state index contributed by atoms with van der Waals surface area (Å²) in [6, 6.07) is 7.88. The molecule has 3 rings (SSSR count). The van der Waals surface area contributed by atoms with Crippen LogP contribution in [0, 0.1) is 18.8 Å². The molecule has 0 amide bonds. The van der Waals surface area contributed by atoms with Crippen LogP contribution in [0.15, 0.2) is 24.3 Å². The van der Waals surface area contributed by atoms with E-state index >= 15 is 0 Å². The van der Waals surface area contributed by atoms with E-state index in [0.717, 1.165) is 23.5 Å². The maximum Gasteiger partial charge on any atom is 0.216 e. The van der Waals surface area contributed by atoms with Gasteiger partial charge >= 0.3 is 0 Å². The van der Waals surface area contributed by atoms with Crippen molar-refractivity contribution in [2.24, 2.45) is 11.8 Å². The van der Waals surface area contributed by atoms with Crippen molar-refractivity contribution in [2.75, 3.05) is 0 Å². The van der Waals surface area contributed by atoms with E-state index in [0.29, 0.717) is 5.92 Å². The summed E-state index contributed by atoms with van der Waals surface area (Å²) in [4.78, 5) is 0. The van der Waals surface area contributed by atoms with Gasteiger partial charge in [-0.1, -0.05) is 30.7 Å². The number of sulfonamides is 1. The third-order valence-electron chi connectivity index (χ3n) is 4.68. The first-order chi connectivity index (χ1) is 9.03. The van der Waals surface area contributed by atoms with Crippen LogP contribution in [-0.4, -0.2) is 14.5 Å². The van der Waals surface area contributed by atoms with Crippen LogP contribution in [0.1, 0.15) is 36.8 Å². The van der Waals surface area contributed by atoms with Gasteiger partial charge in [-0.25, -0.2) is 13.1 Å². The molecule has 0 saturated heterocycles. The summed E-state index contributed by atoms with van der Waals surface area (Å²) in [7, 11) is -3.21. The standard InChI is InChI=1S/C15H21NO2S/c1-11-4-2-3-5-14(11)10-19(17,18)16-15-9-12-6-7-13(15)8-12/h2-5,12-13,15-16H,6-10H2,1H3/t12-,13-,15-/m0/s1. The van der Waals surface area contributed by atoms with E-state index in [-0.39, 0.29) is 11.8 Å². The summed E-state index contributed by atoms with van der Waals surface area (Å²) in [5.41, 5.74) is 1.94. The number of rotatable bonds is 4. The fraction of sp³-hybridized carbons (Fsp3) is 0.600. The lowest BCUT2D eigenvalue weighted by Crippen LogP contribution is -2.39. The van der Waals surface area contributed by atoms with E-state index < -0.39 is 10.0 Å². The van der Waals surface area contributed by atoms with Crippen LogP contribution in [0.5, 0.6) is 0 Å². The van der Waals surface area contributed by atoms with Crippen LogP contribution in [0.3, 0.4) is 0 Å². The average molecular weight is 279 g/mol. The molecule has 1 N–H and O–H groups in total. The van der Waals surface area contributed by atoms with E-state index in [9.17, 15) is 8.42 Å². The first kappa shape index (κ1) is 13.1. The summed E-state index contributed by atoms with van der Waals surface area (Å²) < 4.78 is 27.5. The van der Waals surface area contributed by atoms with Crippen LogP contribution in [-0.2, 0) is 15.8 Å². The van der Waals surface area contributed by atoms with Crippen molar-refractivity contribution in [3.8, 4) is 0 Å². The molecule has 1 aromatic carbocycles. The van der Waals surface area contributed by atoms with Gasteiger partial charge in [0, 0.05) is 6.04 Å². The fourth-order valence-corrected chi connectivity index (χ4v) is 5.20. The van der Waals surface area contributed by atoms with Crippen molar-refractivity contribution in [3.63, 3.8) is 0 Å². The van der Waals surface area contributed by atoms with Gasteiger partial charge in [0.15, 0.2) is 0 Å². The number of aryl methyl sites for hydroxylation is 1. The summed E-state index contributed by atoms with van der Waals surface area (Å²) in [6.07, 6.45) is 4.75. The molecule has 2 aliphatic carbocycles. The lowest BCUT2D eigenvalue weighted by molar-refractivity contribution is 0.390. The Labute approximate surface area is 115 Å². The normalized spacial score (nSPS) is 29.8. The molecule has 2 fully saturated rings. The van der Waals surface area contributed by atoms with E-state index in [4.69, 9.17) is 0 Å². The van der Waals surface area contributed by atoms with Crippen LogP contribution in [0.2, 0.25) is 0 Å². The van der Waals surface area contributed by atoms with Crippen molar-refractivity contribution < 1.29 is 8.42 Å². The lowest BCUT2D eigenvalue weighted by Gasteiger charge is -2.22. The largest absolute Gasteiger partial charge is 0.216 e. The summed E-state index contributed by atoms with van der Waals surface area (Å²) in [5, 5.41) is 0. The second kappa shape index (κ2) is 4.91. The first-order valence-corrected chi connectivity index (χ1v) is 8.73. The molecule has 0 unspecified atom stereocenters. The van der Waals surface area contributed by atoms with Crippen molar-refractivity contribution in [1.82, 2.24) is 4.72 Å². The maximum absolute atomic E-state index is 12.3. The lowest BCUT2D eigenvalue weighted by atomic mass is 9.96. The average Bonchev–Trinajstić information content (AvgIpc) is 2.93. The Bertz CT molecular complexity index is 567. The molecule has 2 aliphatic rings. The number of hydrogen-bond acceptors (Lipinski definition) is 2. The minimum absolute atomic E-state index is 0.105. The molecule has 1 aromatic rings. The molecular formula is C15H21NO2S. The van der Waals surface area contributed by atoms with Gasteiger partial charge in [-0.3, -0.25) is 0 Å². The molecule has 2 saturated carbocycles. The maximum atomic E-state index is 12.3. The molecule has 0 spiro atoms. The number of hydrogen-bond donors (Lipinski definition) is 1. The van der Waals surface area contributed by atoms with Gasteiger partial charge in [0.05, 0.1) is 5.75 Å². The fourth-order valence-electron chi connectivity index (χ4n) is 3.64. The third-order valence-corrected chi connectivity index (χ3v) is 6.03. The number of benzene rings is 1. The Morgan fingerprint density at radius 2 is 2.00 bits per heavy atom. The number of fused-ring (bicyclic) bond motifs is 2. The highest BCUT2D eigenvalue weighted by molar-refractivity contribution is 7.88. The number of nitrogens with one attached hydrogen (secondary N) is 1. The van der Waals surface area contributed by atoms with Crippen LogP contribution in [0.4, 0.5) is 0 Å². The Kier molecular flexibility index (Phi) is 3.39. The summed E-state index contributed by atoms with van der Waals surface area (Å²) in [5.74, 6) is 1.45. The molecule has 3 atom stereocenters. The zero-order chi connectivity index (χ0) is 13.5. The second-order valence-electron chi connectivity index (χ2n) is 6.08. The minimum atomic E-state index is -3.21. The van der Waals surface area contributed by atoms with E-state index in [2.05, 4.69) is 4.72 Å². The molecule has 2 bridgehead atoms. The highest BCUT2D eigenvalue weighted by Crippen LogP contribution is 2.44. The quantitative estimate of drug-likeness (QED) is 0.921. The molecule has 19 heavy (non-hydrogen) atoms. The molecular weight excluding hydrogens is 258 g/mol. The van der Waals surface area contributed by atoms with E-state index in [1.54, 1.807) is 0 Å². The van der Waals surface area contributed by atoms with E-state index in [1.165, 1.54) is 19.3 Å². The zero-order valence-corrected chi connectivity index (χ0v) is 12.1. The Morgan fingerprint density at radius 3 is 2.63 bits per heavy atom. The molecule has 3 nitrogen and oxygen atoms in total. The second-order valence-corrected chi connectivity index (χ2v) is 7.84. The molecule has 0 aliphatic heterocycles. The summed E-state index contributed by atoms with van der Waals surface area (Å²) >= 11 is 0. The summed E-state index contributed by atoms with van der Waals surface area (Å²) in [6.45, 7) is 1.96. The topological polar surface area (TPSA) is 46.2 Å². The molecule has 104 valence electrons. The van der Waals surface area contributed by atoms with Crippen LogP contribution in [0.25, 0.3) is 0 Å². The third kappa shape index (κ3) is 2.84. The van der Waals surface area contributed by atoms with Gasteiger partial charge in [-0.2, -0.15) is 0 Å². The molecule has 0 aromatic heterocycles. The highest BCUT2D eigenvalue weighted by atomic mass is 32.2. The van der Waals surface area contributed by atoms with Crippen LogP contribution < -0.4 is 4.72 Å². The predicted octanol–water partition coefficient (Wildman–Crippen LogP) is 2.60. The van der Waals surface area contributed by atoms with Crippen molar-refractivity contribution in [1.29, 1.82) is 0 Å². The minimum Gasteiger partial charge on any atom is -0.212 e. The van der Waals surface area contributed by atoms with Gasteiger partial charge in [0.2, 0.25) is 10.0 Å². The van der Waals surface area contributed by atoms with E-state index in [1.807, 2.05) is 31.2 Å². The Hall–Kier alpha value is -0.870. The molecule has 0 radical (unpaired) electrons. The highest BCUT2D eigenvalue weighted by Gasteiger charge is 2.41. The monoisotopic (exact) mass is 279 g/mol. The Balaban J connectivity index is 1.68. The Morgan fingerprint density at radius 1 is 1.21 bits per heavy atom. The molecule has 4 heteroatoms. The van der Waals surface area contributed by atoms with Gasteiger partial charge in [-0.15, -0.1) is 0 Å². The van der Waals surface area contributed by atoms with Crippen molar-refractivity contribution in [2.45, 2.75) is 44.4 Å². The van der Waals surface area contributed by atoms with Gasteiger partial charge in [0.1, 0.15) is 0 Å². The SMILES string of the molecule is Cc1ccccc1CS(=O)(=O)N[C@H]1C[C@H]2CC[C@H]1C2. The smallest absolute Gasteiger partial charge is 0.212 e. The predicted molar refractivity (Wildman–Crippen MR) is 76.2 cm³/mol.